The second-order valence-electron chi connectivity index (χ2n) is 8.38. The third-order valence-electron chi connectivity index (χ3n) is 6.04. The van der Waals surface area contributed by atoms with E-state index < -0.39 is 0 Å². The molecular formula is C25H29ClN4O3. The lowest BCUT2D eigenvalue weighted by Crippen LogP contribution is -2.33. The lowest BCUT2D eigenvalue weighted by atomic mass is 9.90. The summed E-state index contributed by atoms with van der Waals surface area (Å²) in [7, 11) is 0. The molecular weight excluding hydrogens is 440 g/mol. The van der Waals surface area contributed by atoms with E-state index in [0.29, 0.717) is 30.2 Å². The summed E-state index contributed by atoms with van der Waals surface area (Å²) < 4.78 is 11.0. The Morgan fingerprint density at radius 2 is 2.00 bits per heavy atom. The minimum Gasteiger partial charge on any atom is -0.477 e. The second-order valence-corrected chi connectivity index (χ2v) is 8.74. The molecule has 0 spiro atoms. The molecule has 33 heavy (non-hydrogen) atoms. The molecule has 0 unspecified atom stereocenters. The van der Waals surface area contributed by atoms with Gasteiger partial charge in [0.2, 0.25) is 5.88 Å². The van der Waals surface area contributed by atoms with Gasteiger partial charge in [-0.3, -0.25) is 9.69 Å². The van der Waals surface area contributed by atoms with Gasteiger partial charge in [-0.2, -0.15) is 4.98 Å². The molecule has 0 bridgehead atoms. The van der Waals surface area contributed by atoms with Crippen molar-refractivity contribution in [3.8, 4) is 17.1 Å². The van der Waals surface area contributed by atoms with E-state index in [1.165, 1.54) is 0 Å². The molecule has 0 atom stereocenters. The van der Waals surface area contributed by atoms with Gasteiger partial charge in [-0.25, -0.2) is 0 Å². The number of piperidine rings is 1. The molecule has 1 saturated heterocycles. The lowest BCUT2D eigenvalue weighted by molar-refractivity contribution is 0.0955. The zero-order valence-electron chi connectivity index (χ0n) is 18.8. The molecule has 1 fully saturated rings. The van der Waals surface area contributed by atoms with Crippen LogP contribution in [0.4, 0.5) is 5.69 Å². The Morgan fingerprint density at radius 1 is 1.24 bits per heavy atom. The Kier molecular flexibility index (Phi) is 7.62. The number of ether oxygens (including phenoxy) is 1. The number of rotatable bonds is 9. The fraction of sp³-hybridized carbons (Fsp3) is 0.400. The van der Waals surface area contributed by atoms with E-state index in [0.717, 1.165) is 55.9 Å². The van der Waals surface area contributed by atoms with Gasteiger partial charge in [-0.15, -0.1) is 0 Å². The van der Waals surface area contributed by atoms with Gasteiger partial charge in [-0.1, -0.05) is 47.1 Å². The predicted octanol–water partition coefficient (Wildman–Crippen LogP) is 5.25. The number of carbonyl (C=O) groups is 1. The predicted molar refractivity (Wildman–Crippen MR) is 128 cm³/mol. The number of anilines is 1. The average molecular weight is 469 g/mol. The highest BCUT2D eigenvalue weighted by molar-refractivity contribution is 6.32. The van der Waals surface area contributed by atoms with Crippen LogP contribution in [-0.4, -0.2) is 40.5 Å². The van der Waals surface area contributed by atoms with E-state index in [9.17, 15) is 4.79 Å². The van der Waals surface area contributed by atoms with E-state index >= 15 is 0 Å². The Labute approximate surface area is 198 Å². The second kappa shape index (κ2) is 10.8. The molecule has 2 N–H and O–H groups in total. The van der Waals surface area contributed by atoms with E-state index in [-0.39, 0.29) is 16.8 Å². The first-order valence-corrected chi connectivity index (χ1v) is 11.8. The van der Waals surface area contributed by atoms with Gasteiger partial charge in [0.15, 0.2) is 16.7 Å². The maximum absolute atomic E-state index is 12.8. The smallest absolute Gasteiger partial charge is 0.225 e. The number of halogens is 1. The highest BCUT2D eigenvalue weighted by atomic mass is 35.5. The Bertz CT molecular complexity index is 1080. The van der Waals surface area contributed by atoms with E-state index in [2.05, 4.69) is 15.0 Å². The number of ketones is 1. The summed E-state index contributed by atoms with van der Waals surface area (Å²) in [4.78, 5) is 19.3. The van der Waals surface area contributed by atoms with Crippen LogP contribution in [0, 0.1) is 5.92 Å². The fourth-order valence-electron chi connectivity index (χ4n) is 4.19. The number of nitrogens with two attached hydrogens (primary N) is 1. The standard InChI is InChI=1S/C25H29ClN4O3/c1-2-32-25-20(15-21(27)24(26)28-25)23(31)9-8-17-10-12-30(13-11-17)16-19-14-22(29-33-19)18-6-4-3-5-7-18/h3-7,14-15,17H,2,8-13,16,27H2,1H3. The van der Waals surface area contributed by atoms with Gasteiger partial charge in [-0.05, 0) is 51.3 Å². The normalized spacial score (nSPS) is 15.0. The van der Waals surface area contributed by atoms with E-state index in [4.69, 9.17) is 26.6 Å². The molecule has 3 heterocycles. The van der Waals surface area contributed by atoms with E-state index in [1.54, 1.807) is 6.07 Å². The summed E-state index contributed by atoms with van der Waals surface area (Å²) in [5.41, 5.74) is 8.48. The summed E-state index contributed by atoms with van der Waals surface area (Å²) in [5, 5.41) is 4.36. The number of nitrogen functional groups attached to an aromatic ring is 1. The molecule has 0 radical (unpaired) electrons. The van der Waals surface area contributed by atoms with Crippen molar-refractivity contribution >= 4 is 23.1 Å². The maximum atomic E-state index is 12.8. The third kappa shape index (κ3) is 5.92. The number of hydrogen-bond donors (Lipinski definition) is 1. The SMILES string of the molecule is CCOc1nc(Cl)c(N)cc1C(=O)CCC1CCN(Cc2cc(-c3ccccc3)no2)CC1. The highest BCUT2D eigenvalue weighted by Gasteiger charge is 2.23. The monoisotopic (exact) mass is 468 g/mol. The molecule has 8 heteroatoms. The van der Waals surface area contributed by atoms with Crippen molar-refractivity contribution < 1.29 is 14.1 Å². The molecule has 0 aliphatic carbocycles. The van der Waals surface area contributed by atoms with Crippen LogP contribution in [-0.2, 0) is 6.54 Å². The first kappa shape index (κ1) is 23.3. The highest BCUT2D eigenvalue weighted by Crippen LogP contribution is 2.29. The number of carbonyl (C=O) groups excluding carboxylic acids is 1. The van der Waals surface area contributed by atoms with E-state index in [1.807, 2.05) is 43.3 Å². The van der Waals surface area contributed by atoms with Crippen LogP contribution < -0.4 is 10.5 Å². The summed E-state index contributed by atoms with van der Waals surface area (Å²) in [6.45, 7) is 4.94. The molecule has 0 amide bonds. The first-order valence-electron chi connectivity index (χ1n) is 11.4. The molecule has 1 aliphatic heterocycles. The Morgan fingerprint density at radius 3 is 2.73 bits per heavy atom. The number of hydrogen-bond acceptors (Lipinski definition) is 7. The van der Waals surface area contributed by atoms with Crippen molar-refractivity contribution in [3.63, 3.8) is 0 Å². The number of likely N-dealkylation sites (tertiary alicyclic amines) is 1. The number of Topliss-reactive ketones (excluding diaryl/α,β-unsaturated/α-hetero) is 1. The Balaban J connectivity index is 1.26. The van der Waals surface area contributed by atoms with Crippen molar-refractivity contribution in [3.05, 3.63) is 58.9 Å². The fourth-order valence-corrected chi connectivity index (χ4v) is 4.32. The minimum atomic E-state index is -0.00755. The van der Waals surface area contributed by atoms with Crippen molar-refractivity contribution in [2.24, 2.45) is 5.92 Å². The van der Waals surface area contributed by atoms with Gasteiger partial charge in [0.25, 0.3) is 0 Å². The van der Waals surface area contributed by atoms with Crippen LogP contribution in [0.25, 0.3) is 11.3 Å². The molecule has 1 aromatic carbocycles. The van der Waals surface area contributed by atoms with Crippen LogP contribution in [0.15, 0.2) is 47.0 Å². The molecule has 2 aromatic heterocycles. The molecule has 0 saturated carbocycles. The number of pyridine rings is 1. The van der Waals surface area contributed by atoms with Gasteiger partial charge < -0.3 is 15.0 Å². The van der Waals surface area contributed by atoms with Crippen LogP contribution in [0.5, 0.6) is 5.88 Å². The zero-order chi connectivity index (χ0) is 23.2. The maximum Gasteiger partial charge on any atom is 0.225 e. The molecule has 4 rings (SSSR count). The molecule has 7 nitrogen and oxygen atoms in total. The molecule has 174 valence electrons. The zero-order valence-corrected chi connectivity index (χ0v) is 19.6. The van der Waals surface area contributed by atoms with Crippen LogP contribution >= 0.6 is 11.6 Å². The quantitative estimate of drug-likeness (QED) is 0.338. The van der Waals surface area contributed by atoms with Gasteiger partial charge in [0, 0.05) is 18.1 Å². The summed E-state index contributed by atoms with van der Waals surface area (Å²) in [6, 6.07) is 13.6. The number of nitrogens with zero attached hydrogens (tertiary/aromatic N) is 3. The van der Waals surface area contributed by atoms with Crippen LogP contribution in [0.3, 0.4) is 0 Å². The van der Waals surface area contributed by atoms with Crippen molar-refractivity contribution in [1.82, 2.24) is 15.0 Å². The summed E-state index contributed by atoms with van der Waals surface area (Å²) in [6.07, 6.45) is 3.37. The van der Waals surface area contributed by atoms with Crippen molar-refractivity contribution in [2.45, 2.75) is 39.2 Å². The van der Waals surface area contributed by atoms with Crippen molar-refractivity contribution in [1.29, 1.82) is 0 Å². The number of benzene rings is 1. The van der Waals surface area contributed by atoms with Gasteiger partial charge >= 0.3 is 0 Å². The van der Waals surface area contributed by atoms with Crippen molar-refractivity contribution in [2.75, 3.05) is 25.4 Å². The van der Waals surface area contributed by atoms with Gasteiger partial charge in [0.1, 0.15) is 5.69 Å². The molecule has 1 aliphatic rings. The summed E-state index contributed by atoms with van der Waals surface area (Å²) in [5.74, 6) is 1.64. The third-order valence-corrected chi connectivity index (χ3v) is 6.35. The summed E-state index contributed by atoms with van der Waals surface area (Å²) >= 11 is 5.99. The first-order chi connectivity index (χ1) is 16.0. The van der Waals surface area contributed by atoms with Crippen LogP contribution in [0.2, 0.25) is 5.15 Å². The molecule has 3 aromatic rings. The average Bonchev–Trinajstić information content (AvgIpc) is 3.30. The van der Waals surface area contributed by atoms with Gasteiger partial charge in [0.05, 0.1) is 24.4 Å². The topological polar surface area (TPSA) is 94.5 Å². The Hall–Kier alpha value is -2.90. The lowest BCUT2D eigenvalue weighted by Gasteiger charge is -2.31. The minimum absolute atomic E-state index is 0.00755. The number of aromatic nitrogens is 2. The van der Waals surface area contributed by atoms with Crippen LogP contribution in [0.1, 0.15) is 48.7 Å². The largest absolute Gasteiger partial charge is 0.477 e.